The summed E-state index contributed by atoms with van der Waals surface area (Å²) in [5, 5.41) is 14.0. The Kier molecular flexibility index (Phi) is 10.3. The van der Waals surface area contributed by atoms with Gasteiger partial charge < -0.3 is 20.1 Å². The summed E-state index contributed by atoms with van der Waals surface area (Å²) in [6, 6.07) is 12.0. The van der Waals surface area contributed by atoms with Crippen LogP contribution in [0.1, 0.15) is 74.4 Å². The zero-order valence-corrected chi connectivity index (χ0v) is 26.4. The number of nitrogens with zero attached hydrogens (tertiary/aromatic N) is 2. The number of aliphatic imine (C=N–C) groups is 1. The summed E-state index contributed by atoms with van der Waals surface area (Å²) in [4.78, 5) is 43.6. The molecular weight excluding hydrogens is 548 g/mol. The molecule has 0 unspecified atom stereocenters. The Hall–Kier alpha value is -1.90. The molecule has 1 aliphatic heterocycles. The van der Waals surface area contributed by atoms with Crippen molar-refractivity contribution in [2.75, 3.05) is 6.54 Å². The van der Waals surface area contributed by atoms with Crippen molar-refractivity contribution in [1.82, 2.24) is 10.2 Å². The number of carbonyl (C=O) groups is 3. The molecular formula is C29H32Cl2N3NaO4. The molecule has 1 spiro atoms. The summed E-state index contributed by atoms with van der Waals surface area (Å²) in [7, 11) is 0. The Morgan fingerprint density at radius 3 is 2.21 bits per heavy atom. The number of nitrogens with one attached hydrogen (secondary N) is 1. The van der Waals surface area contributed by atoms with E-state index in [-0.39, 0.29) is 59.8 Å². The van der Waals surface area contributed by atoms with Crippen molar-refractivity contribution in [3.63, 3.8) is 0 Å². The second kappa shape index (κ2) is 12.7. The summed E-state index contributed by atoms with van der Waals surface area (Å²) in [5.41, 5.74) is 1.78. The molecule has 0 aromatic heterocycles. The smallest absolute Gasteiger partial charge is 0.550 e. The van der Waals surface area contributed by atoms with Crippen LogP contribution in [-0.4, -0.2) is 40.6 Å². The Bertz CT molecular complexity index is 1250. The number of carboxylic acids is 1. The number of aliphatic carboxylic acids is 1. The first kappa shape index (κ1) is 31.6. The maximum atomic E-state index is 13.8. The normalized spacial score (nSPS) is 20.9. The van der Waals surface area contributed by atoms with Crippen molar-refractivity contribution < 1.29 is 49.0 Å². The first-order valence-corrected chi connectivity index (χ1v) is 13.6. The first-order chi connectivity index (χ1) is 17.9. The van der Waals surface area contributed by atoms with Crippen LogP contribution in [0.3, 0.4) is 0 Å². The van der Waals surface area contributed by atoms with Crippen molar-refractivity contribution >= 4 is 46.7 Å². The maximum Gasteiger partial charge on any atom is 1.00 e. The van der Waals surface area contributed by atoms with Crippen molar-refractivity contribution in [3.05, 3.63) is 69.2 Å². The van der Waals surface area contributed by atoms with Crippen LogP contribution in [0.25, 0.3) is 0 Å². The molecule has 1 saturated carbocycles. The minimum Gasteiger partial charge on any atom is -0.550 e. The van der Waals surface area contributed by atoms with Gasteiger partial charge in [0.05, 0.1) is 0 Å². The van der Waals surface area contributed by atoms with Gasteiger partial charge in [0.2, 0.25) is 0 Å². The molecule has 202 valence electrons. The van der Waals surface area contributed by atoms with Crippen molar-refractivity contribution in [2.24, 2.45) is 16.3 Å². The molecule has 39 heavy (non-hydrogen) atoms. The molecule has 2 amide bonds. The van der Waals surface area contributed by atoms with E-state index >= 15 is 0 Å². The molecule has 0 radical (unpaired) electrons. The fraction of sp³-hybridized carbons (Fsp3) is 0.448. The molecule has 2 aromatic carbocycles. The largest absolute Gasteiger partial charge is 1.00 e. The Labute approximate surface area is 261 Å². The van der Waals surface area contributed by atoms with Crippen LogP contribution in [-0.2, 0) is 16.1 Å². The third-order valence-electron chi connectivity index (χ3n) is 7.59. The molecule has 1 aliphatic carbocycles. The average Bonchev–Trinajstić information content (AvgIpc) is 3.09. The Morgan fingerprint density at radius 1 is 1.08 bits per heavy atom. The van der Waals surface area contributed by atoms with E-state index in [0.717, 1.165) is 31.2 Å². The van der Waals surface area contributed by atoms with Gasteiger partial charge in [0.25, 0.3) is 11.8 Å². The van der Waals surface area contributed by atoms with E-state index in [1.54, 1.807) is 30.3 Å². The van der Waals surface area contributed by atoms with E-state index in [0.29, 0.717) is 39.3 Å². The standard InChI is InChI=1S/C29H33Cl2N3O4.Na/c1-28(2,3)21-8-11-29(12-9-21)33-25(20-14-22(30)16-23(31)15-20)27(38)34(29)17-18-4-6-19(7-5-18)26(37)32-13-10-24(35)36;/h4-7,14-16,21H,8-13,17H2,1-3H3,(H,32,37)(H,35,36);/q;+1/p-1. The summed E-state index contributed by atoms with van der Waals surface area (Å²) < 4.78 is 0. The number of amides is 2. The van der Waals surface area contributed by atoms with E-state index < -0.39 is 11.6 Å². The number of benzene rings is 2. The third-order valence-corrected chi connectivity index (χ3v) is 8.03. The van der Waals surface area contributed by atoms with E-state index in [1.807, 2.05) is 17.0 Å². The van der Waals surface area contributed by atoms with Gasteiger partial charge in [-0.3, -0.25) is 14.6 Å². The van der Waals surface area contributed by atoms with Crippen molar-refractivity contribution in [1.29, 1.82) is 0 Å². The van der Waals surface area contributed by atoms with E-state index in [2.05, 4.69) is 26.1 Å². The van der Waals surface area contributed by atoms with Gasteiger partial charge >= 0.3 is 29.6 Å². The molecule has 0 bridgehead atoms. The molecule has 1 fully saturated rings. The minimum atomic E-state index is -1.22. The summed E-state index contributed by atoms with van der Waals surface area (Å²) in [5.74, 6) is -1.21. The van der Waals surface area contributed by atoms with Gasteiger partial charge in [-0.25, -0.2) is 0 Å². The minimum absolute atomic E-state index is 0. The fourth-order valence-electron chi connectivity index (χ4n) is 5.38. The predicted octanol–water partition coefficient (Wildman–Crippen LogP) is 1.63. The molecule has 1 heterocycles. The molecule has 2 aromatic rings. The van der Waals surface area contributed by atoms with Gasteiger partial charge in [0.15, 0.2) is 0 Å². The van der Waals surface area contributed by atoms with Crippen molar-refractivity contribution in [2.45, 2.75) is 65.1 Å². The molecule has 10 heteroatoms. The summed E-state index contributed by atoms with van der Waals surface area (Å²) in [6.45, 7) is 7.11. The van der Waals surface area contributed by atoms with Crippen LogP contribution < -0.4 is 40.0 Å². The quantitative estimate of drug-likeness (QED) is 0.504. The second-order valence-electron chi connectivity index (χ2n) is 11.2. The van der Waals surface area contributed by atoms with Crippen LogP contribution in [0.4, 0.5) is 0 Å². The number of halogens is 2. The van der Waals surface area contributed by atoms with Crippen LogP contribution in [0.2, 0.25) is 10.0 Å². The van der Waals surface area contributed by atoms with Gasteiger partial charge in [0.1, 0.15) is 11.4 Å². The molecule has 4 rings (SSSR count). The SMILES string of the molecule is CC(C)(C)C1CCC2(CC1)N=C(c1cc(Cl)cc(Cl)c1)C(=O)N2Cc1ccc(C(=O)NCCC(=O)[O-])cc1.[Na+]. The first-order valence-electron chi connectivity index (χ1n) is 12.8. The molecule has 2 aliphatic rings. The molecule has 7 nitrogen and oxygen atoms in total. The summed E-state index contributed by atoms with van der Waals surface area (Å²) in [6.07, 6.45) is 3.20. The predicted molar refractivity (Wildman–Crippen MR) is 146 cm³/mol. The van der Waals surface area contributed by atoms with Gasteiger partial charge in [-0.15, -0.1) is 0 Å². The van der Waals surface area contributed by atoms with Crippen LogP contribution in [0, 0.1) is 11.3 Å². The number of hydrogen-bond acceptors (Lipinski definition) is 5. The molecule has 0 atom stereocenters. The number of carbonyl (C=O) groups excluding carboxylic acids is 3. The maximum absolute atomic E-state index is 13.8. The van der Waals surface area contributed by atoms with Gasteiger partial charge in [-0.05, 0) is 72.9 Å². The Morgan fingerprint density at radius 2 is 1.67 bits per heavy atom. The second-order valence-corrected chi connectivity index (χ2v) is 12.1. The van der Waals surface area contributed by atoms with Crippen LogP contribution >= 0.6 is 23.2 Å². The van der Waals surface area contributed by atoms with Gasteiger partial charge in [-0.2, -0.15) is 0 Å². The number of carboxylic acid groups (broad SMARTS) is 1. The van der Waals surface area contributed by atoms with E-state index in [4.69, 9.17) is 28.2 Å². The van der Waals surface area contributed by atoms with E-state index in [9.17, 15) is 19.5 Å². The Balaban J connectivity index is 0.00000420. The zero-order chi connectivity index (χ0) is 27.7. The summed E-state index contributed by atoms with van der Waals surface area (Å²) >= 11 is 12.5. The van der Waals surface area contributed by atoms with E-state index in [1.165, 1.54) is 0 Å². The third kappa shape index (κ3) is 7.44. The monoisotopic (exact) mass is 579 g/mol. The molecule has 0 saturated heterocycles. The van der Waals surface area contributed by atoms with Gasteiger partial charge in [0, 0.05) is 46.7 Å². The van der Waals surface area contributed by atoms with Crippen molar-refractivity contribution in [3.8, 4) is 0 Å². The zero-order valence-electron chi connectivity index (χ0n) is 22.9. The van der Waals surface area contributed by atoms with Crippen LogP contribution in [0.5, 0.6) is 0 Å². The van der Waals surface area contributed by atoms with Gasteiger partial charge in [-0.1, -0.05) is 56.1 Å². The average molecular weight is 580 g/mol. The fourth-order valence-corrected chi connectivity index (χ4v) is 5.91. The van der Waals surface area contributed by atoms with Crippen LogP contribution in [0.15, 0.2) is 47.5 Å². The number of hydrogen-bond donors (Lipinski definition) is 1. The molecule has 1 N–H and O–H groups in total. The topological polar surface area (TPSA) is 102 Å². The number of rotatable bonds is 7.